The molecule has 0 radical (unpaired) electrons. The van der Waals surface area contributed by atoms with Crippen molar-refractivity contribution in [1.29, 1.82) is 0 Å². The molecule has 1 aliphatic carbocycles. The Balaban J connectivity index is 2.11. The van der Waals surface area contributed by atoms with Crippen molar-refractivity contribution in [2.75, 3.05) is 5.32 Å². The molecule has 1 fully saturated rings. The van der Waals surface area contributed by atoms with Gasteiger partial charge in [0.2, 0.25) is 0 Å². The largest absolute Gasteiger partial charge is 0.417 e. The summed E-state index contributed by atoms with van der Waals surface area (Å²) in [6, 6.07) is 4.61. The maximum absolute atomic E-state index is 12.9. The number of hydrogen-bond acceptors (Lipinski definition) is 1. The topological polar surface area (TPSA) is 12.0 Å². The molecule has 5 heteroatoms. The third-order valence-electron chi connectivity index (χ3n) is 4.24. The van der Waals surface area contributed by atoms with Crippen LogP contribution in [0.25, 0.3) is 0 Å². The highest BCUT2D eigenvalue weighted by Crippen LogP contribution is 2.37. The molecule has 112 valence electrons. The van der Waals surface area contributed by atoms with Crippen LogP contribution >= 0.6 is 15.9 Å². The Morgan fingerprint density at radius 1 is 1.15 bits per heavy atom. The second-order valence-corrected chi connectivity index (χ2v) is 6.66. The minimum absolute atomic E-state index is 0.0844. The van der Waals surface area contributed by atoms with Gasteiger partial charge in [-0.05, 0) is 49.3 Å². The van der Waals surface area contributed by atoms with Crippen molar-refractivity contribution in [1.82, 2.24) is 0 Å². The van der Waals surface area contributed by atoms with Crippen LogP contribution in [0.4, 0.5) is 18.9 Å². The van der Waals surface area contributed by atoms with Gasteiger partial charge in [-0.3, -0.25) is 0 Å². The minimum Gasteiger partial charge on any atom is -0.382 e. The first-order chi connectivity index (χ1) is 9.27. The van der Waals surface area contributed by atoms with Gasteiger partial charge in [-0.1, -0.05) is 29.8 Å². The zero-order chi connectivity index (χ0) is 14.9. The summed E-state index contributed by atoms with van der Waals surface area (Å²) in [5, 5.41) is 3.25. The van der Waals surface area contributed by atoms with E-state index in [0.29, 0.717) is 17.5 Å². The van der Waals surface area contributed by atoms with E-state index in [1.165, 1.54) is 12.1 Å². The molecule has 0 saturated heterocycles. The fourth-order valence-corrected chi connectivity index (χ4v) is 3.22. The van der Waals surface area contributed by atoms with Crippen molar-refractivity contribution >= 4 is 21.6 Å². The standard InChI is InChI=1S/C15H19BrF3N/c1-9-3-4-11(7-10(9)2)20-12-5-6-14(16)13(8-12)15(17,18)19/h5-6,8-11,20H,3-4,7H2,1-2H3. The lowest BCUT2D eigenvalue weighted by atomic mass is 9.79. The van der Waals surface area contributed by atoms with Crippen LogP contribution in [-0.2, 0) is 6.18 Å². The molecule has 0 aromatic heterocycles. The Bertz CT molecular complexity index is 473. The molecule has 0 spiro atoms. The molecule has 1 aromatic carbocycles. The van der Waals surface area contributed by atoms with E-state index in [1.807, 2.05) is 0 Å². The zero-order valence-electron chi connectivity index (χ0n) is 11.6. The van der Waals surface area contributed by atoms with E-state index in [9.17, 15) is 13.2 Å². The van der Waals surface area contributed by atoms with Crippen LogP contribution < -0.4 is 5.32 Å². The van der Waals surface area contributed by atoms with Crippen LogP contribution in [0.1, 0.15) is 38.7 Å². The molecular weight excluding hydrogens is 331 g/mol. The summed E-state index contributed by atoms with van der Waals surface area (Å²) in [6.45, 7) is 4.45. The van der Waals surface area contributed by atoms with Crippen molar-refractivity contribution in [2.45, 2.75) is 45.3 Å². The molecule has 2 rings (SSSR count). The van der Waals surface area contributed by atoms with Gasteiger partial charge in [-0.15, -0.1) is 0 Å². The molecule has 20 heavy (non-hydrogen) atoms. The number of rotatable bonds is 2. The first-order valence-electron chi connectivity index (χ1n) is 6.90. The van der Waals surface area contributed by atoms with Crippen molar-refractivity contribution in [3.63, 3.8) is 0 Å². The van der Waals surface area contributed by atoms with Crippen molar-refractivity contribution in [2.24, 2.45) is 11.8 Å². The first kappa shape index (κ1) is 15.7. The highest BCUT2D eigenvalue weighted by Gasteiger charge is 2.33. The van der Waals surface area contributed by atoms with Crippen molar-refractivity contribution < 1.29 is 13.2 Å². The summed E-state index contributed by atoms with van der Waals surface area (Å²) in [5.74, 6) is 1.31. The molecule has 1 N–H and O–H groups in total. The summed E-state index contributed by atoms with van der Waals surface area (Å²) in [7, 11) is 0. The lowest BCUT2D eigenvalue weighted by Gasteiger charge is -2.33. The third kappa shape index (κ3) is 3.68. The Hall–Kier alpha value is -0.710. The lowest BCUT2D eigenvalue weighted by molar-refractivity contribution is -0.138. The molecule has 0 heterocycles. The van der Waals surface area contributed by atoms with E-state index in [2.05, 4.69) is 35.1 Å². The first-order valence-corrected chi connectivity index (χ1v) is 7.70. The van der Waals surface area contributed by atoms with Gasteiger partial charge in [0.05, 0.1) is 5.56 Å². The normalized spacial score (nSPS) is 27.4. The summed E-state index contributed by atoms with van der Waals surface area (Å²) in [6.07, 6.45) is -1.17. The quantitative estimate of drug-likeness (QED) is 0.721. The van der Waals surface area contributed by atoms with Crippen molar-refractivity contribution in [3.05, 3.63) is 28.2 Å². The van der Waals surface area contributed by atoms with Gasteiger partial charge in [0, 0.05) is 16.2 Å². The van der Waals surface area contributed by atoms with E-state index in [1.54, 1.807) is 6.07 Å². The maximum atomic E-state index is 12.9. The average molecular weight is 350 g/mol. The van der Waals surface area contributed by atoms with E-state index in [0.717, 1.165) is 19.3 Å². The number of alkyl halides is 3. The molecular formula is C15H19BrF3N. The van der Waals surface area contributed by atoms with E-state index >= 15 is 0 Å². The fraction of sp³-hybridized carbons (Fsp3) is 0.600. The predicted octanol–water partition coefficient (Wildman–Crippen LogP) is 5.70. The Morgan fingerprint density at radius 3 is 2.45 bits per heavy atom. The van der Waals surface area contributed by atoms with Crippen LogP contribution in [0.15, 0.2) is 22.7 Å². The average Bonchev–Trinajstić information content (AvgIpc) is 2.35. The zero-order valence-corrected chi connectivity index (χ0v) is 13.2. The maximum Gasteiger partial charge on any atom is 0.417 e. The molecule has 1 saturated carbocycles. The molecule has 3 unspecified atom stereocenters. The Kier molecular flexibility index (Phi) is 4.67. The summed E-state index contributed by atoms with van der Waals surface area (Å²) < 4.78 is 38.7. The molecule has 0 bridgehead atoms. The lowest BCUT2D eigenvalue weighted by Crippen LogP contribution is -2.30. The van der Waals surface area contributed by atoms with Gasteiger partial charge in [-0.25, -0.2) is 0 Å². The van der Waals surface area contributed by atoms with E-state index in [4.69, 9.17) is 0 Å². The van der Waals surface area contributed by atoms with Crippen LogP contribution in [-0.4, -0.2) is 6.04 Å². The molecule has 1 aromatic rings. The third-order valence-corrected chi connectivity index (χ3v) is 4.93. The highest BCUT2D eigenvalue weighted by atomic mass is 79.9. The van der Waals surface area contributed by atoms with Crippen LogP contribution in [0.2, 0.25) is 0 Å². The fourth-order valence-electron chi connectivity index (χ4n) is 2.75. The van der Waals surface area contributed by atoms with Gasteiger partial charge < -0.3 is 5.32 Å². The number of halogens is 4. The molecule has 1 nitrogen and oxygen atoms in total. The van der Waals surface area contributed by atoms with Crippen LogP contribution in [0.3, 0.4) is 0 Å². The predicted molar refractivity (Wildman–Crippen MR) is 78.7 cm³/mol. The molecule has 3 atom stereocenters. The van der Waals surface area contributed by atoms with E-state index in [-0.39, 0.29) is 10.5 Å². The molecule has 0 aliphatic heterocycles. The number of nitrogens with one attached hydrogen (secondary N) is 1. The smallest absolute Gasteiger partial charge is 0.382 e. The van der Waals surface area contributed by atoms with Gasteiger partial charge >= 0.3 is 6.18 Å². The summed E-state index contributed by atoms with van der Waals surface area (Å²) in [5.41, 5.74) is -0.0768. The molecule has 0 amide bonds. The number of anilines is 1. The van der Waals surface area contributed by atoms with Crippen LogP contribution in [0.5, 0.6) is 0 Å². The number of hydrogen-bond donors (Lipinski definition) is 1. The Labute approximate surface area is 126 Å². The highest BCUT2D eigenvalue weighted by molar-refractivity contribution is 9.10. The van der Waals surface area contributed by atoms with Gasteiger partial charge in [0.25, 0.3) is 0 Å². The van der Waals surface area contributed by atoms with E-state index < -0.39 is 11.7 Å². The number of benzene rings is 1. The second kappa shape index (κ2) is 5.96. The second-order valence-electron chi connectivity index (χ2n) is 5.80. The van der Waals surface area contributed by atoms with Gasteiger partial charge in [-0.2, -0.15) is 13.2 Å². The molecule has 1 aliphatic rings. The summed E-state index contributed by atoms with van der Waals surface area (Å²) in [4.78, 5) is 0. The summed E-state index contributed by atoms with van der Waals surface area (Å²) >= 11 is 2.96. The Morgan fingerprint density at radius 2 is 1.85 bits per heavy atom. The van der Waals surface area contributed by atoms with Gasteiger partial charge in [0.1, 0.15) is 0 Å². The van der Waals surface area contributed by atoms with Crippen LogP contribution in [0, 0.1) is 11.8 Å². The monoisotopic (exact) mass is 349 g/mol. The minimum atomic E-state index is -4.33. The van der Waals surface area contributed by atoms with Gasteiger partial charge in [0.15, 0.2) is 0 Å². The van der Waals surface area contributed by atoms with Crippen molar-refractivity contribution in [3.8, 4) is 0 Å². The SMILES string of the molecule is CC1CCC(Nc2ccc(Br)c(C(F)(F)F)c2)CC1C.